The summed E-state index contributed by atoms with van der Waals surface area (Å²) >= 11 is 0. The van der Waals surface area contributed by atoms with Crippen LogP contribution in [0.15, 0.2) is 109 Å². The van der Waals surface area contributed by atoms with Gasteiger partial charge in [0.25, 0.3) is 0 Å². The van der Waals surface area contributed by atoms with Crippen LogP contribution in [0.5, 0.6) is 0 Å². The Morgan fingerprint density at radius 1 is 0.323 bits per heavy atom. The number of rotatable bonds is 46. The van der Waals surface area contributed by atoms with Gasteiger partial charge in [0.05, 0.1) is 0 Å². The summed E-state index contributed by atoms with van der Waals surface area (Å²) in [6.45, 7) is 6.38. The standard InChI is InChI=1S/C59H96O6/c1-4-7-10-13-16-19-22-25-28-29-32-34-37-40-43-46-49-52-58(61)64-55-56(65-59(62)53-50-47-44-41-38-35-31-27-24-21-18-15-12-9-6-3)54-63-57(60)51-48-45-42-39-36-33-30-26-23-20-17-14-11-8-5-2/h9,12,16-21,25-28,30-31,36,38-39,41,56H,4-8,10-11,13-15,22-24,29,32-35,37,40,42-55H2,1-3H3/b12-9-,19-16-,20-17-,21-18-,28-25-,30-26-,31-27-,39-36-,41-38-/t56-/m0/s1. The smallest absolute Gasteiger partial charge is 0.306 e. The van der Waals surface area contributed by atoms with Crippen LogP contribution in [-0.2, 0) is 28.6 Å². The van der Waals surface area contributed by atoms with Gasteiger partial charge in [-0.2, -0.15) is 0 Å². The molecule has 0 amide bonds. The predicted octanol–water partition coefficient (Wildman–Crippen LogP) is 17.5. The summed E-state index contributed by atoms with van der Waals surface area (Å²) < 4.78 is 16.7. The molecular weight excluding hydrogens is 805 g/mol. The molecule has 0 aromatic carbocycles. The third kappa shape index (κ3) is 50.9. The fourth-order valence-electron chi connectivity index (χ4n) is 6.76. The van der Waals surface area contributed by atoms with Gasteiger partial charge < -0.3 is 14.2 Å². The number of unbranched alkanes of at least 4 members (excludes halogenated alkanes) is 17. The molecular formula is C59H96O6. The summed E-state index contributed by atoms with van der Waals surface area (Å²) in [7, 11) is 0. The maximum absolute atomic E-state index is 12.8. The summed E-state index contributed by atoms with van der Waals surface area (Å²) in [6.07, 6.45) is 70.7. The van der Waals surface area contributed by atoms with E-state index < -0.39 is 6.10 Å². The Hall–Kier alpha value is -3.93. The van der Waals surface area contributed by atoms with Gasteiger partial charge in [-0.25, -0.2) is 0 Å². The van der Waals surface area contributed by atoms with Gasteiger partial charge in [0.2, 0.25) is 0 Å². The maximum Gasteiger partial charge on any atom is 0.306 e. The van der Waals surface area contributed by atoms with Gasteiger partial charge in [0, 0.05) is 19.3 Å². The fourth-order valence-corrected chi connectivity index (χ4v) is 6.76. The first kappa shape index (κ1) is 61.1. The molecule has 0 fully saturated rings. The fraction of sp³-hybridized carbons (Fsp3) is 0.644. The zero-order valence-corrected chi connectivity index (χ0v) is 42.0. The minimum Gasteiger partial charge on any atom is -0.462 e. The first-order valence-corrected chi connectivity index (χ1v) is 26.4. The molecule has 0 aromatic heterocycles. The van der Waals surface area contributed by atoms with Crippen molar-refractivity contribution in [2.24, 2.45) is 0 Å². The summed E-state index contributed by atoms with van der Waals surface area (Å²) in [5.74, 6) is -1.01. The monoisotopic (exact) mass is 901 g/mol. The lowest BCUT2D eigenvalue weighted by atomic mass is 10.1. The topological polar surface area (TPSA) is 78.9 Å². The molecule has 0 unspecified atom stereocenters. The summed E-state index contributed by atoms with van der Waals surface area (Å²) in [4.78, 5) is 38.0. The molecule has 0 aliphatic heterocycles. The number of ether oxygens (including phenoxy) is 3. The van der Waals surface area contributed by atoms with E-state index in [1.54, 1.807) is 0 Å². The number of carbonyl (C=O) groups excluding carboxylic acids is 3. The van der Waals surface area contributed by atoms with Crippen LogP contribution >= 0.6 is 0 Å². The van der Waals surface area contributed by atoms with Crippen LogP contribution in [0.3, 0.4) is 0 Å². The van der Waals surface area contributed by atoms with Crippen molar-refractivity contribution in [3.8, 4) is 0 Å². The molecule has 0 aliphatic carbocycles. The quantitative estimate of drug-likeness (QED) is 0.0262. The molecule has 0 spiro atoms. The summed E-state index contributed by atoms with van der Waals surface area (Å²) in [5.41, 5.74) is 0. The number of hydrogen-bond donors (Lipinski definition) is 0. The van der Waals surface area contributed by atoms with Gasteiger partial charge in [0.1, 0.15) is 13.2 Å². The Morgan fingerprint density at radius 2 is 0.600 bits per heavy atom. The summed E-state index contributed by atoms with van der Waals surface area (Å²) in [5, 5.41) is 0. The number of esters is 3. The van der Waals surface area contributed by atoms with E-state index >= 15 is 0 Å². The van der Waals surface area contributed by atoms with E-state index in [9.17, 15) is 14.4 Å². The average Bonchev–Trinajstić information content (AvgIpc) is 3.30. The van der Waals surface area contributed by atoms with Gasteiger partial charge in [-0.3, -0.25) is 14.4 Å². The van der Waals surface area contributed by atoms with Crippen LogP contribution in [0, 0.1) is 0 Å². The van der Waals surface area contributed by atoms with Gasteiger partial charge in [0.15, 0.2) is 6.10 Å². The molecule has 65 heavy (non-hydrogen) atoms. The van der Waals surface area contributed by atoms with Crippen LogP contribution in [-0.4, -0.2) is 37.2 Å². The zero-order chi connectivity index (χ0) is 47.2. The van der Waals surface area contributed by atoms with Crippen LogP contribution in [0.25, 0.3) is 0 Å². The van der Waals surface area contributed by atoms with Crippen LogP contribution in [0.2, 0.25) is 0 Å². The van der Waals surface area contributed by atoms with E-state index in [2.05, 4.69) is 130 Å². The third-order valence-electron chi connectivity index (χ3n) is 10.7. The lowest BCUT2D eigenvalue weighted by Gasteiger charge is -2.18. The van der Waals surface area contributed by atoms with Gasteiger partial charge in [-0.05, 0) is 128 Å². The maximum atomic E-state index is 12.8. The Balaban J connectivity index is 4.53. The van der Waals surface area contributed by atoms with Gasteiger partial charge >= 0.3 is 17.9 Å². The van der Waals surface area contributed by atoms with Gasteiger partial charge in [-0.1, -0.05) is 188 Å². The second-order valence-electron chi connectivity index (χ2n) is 17.0. The molecule has 368 valence electrons. The summed E-state index contributed by atoms with van der Waals surface area (Å²) in [6, 6.07) is 0. The molecule has 0 radical (unpaired) electrons. The lowest BCUT2D eigenvalue weighted by molar-refractivity contribution is -0.167. The molecule has 0 saturated heterocycles. The highest BCUT2D eigenvalue weighted by molar-refractivity contribution is 5.71. The first-order chi connectivity index (χ1) is 32.0. The molecule has 0 heterocycles. The number of hydrogen-bond acceptors (Lipinski definition) is 6. The molecule has 6 nitrogen and oxygen atoms in total. The normalized spacial score (nSPS) is 13.0. The third-order valence-corrected chi connectivity index (χ3v) is 10.7. The Kier molecular flexibility index (Phi) is 49.5. The highest BCUT2D eigenvalue weighted by Crippen LogP contribution is 2.12. The van der Waals surface area contributed by atoms with Gasteiger partial charge in [-0.15, -0.1) is 0 Å². The van der Waals surface area contributed by atoms with Crippen molar-refractivity contribution in [2.75, 3.05) is 13.2 Å². The molecule has 0 saturated carbocycles. The second kappa shape index (κ2) is 52.7. The van der Waals surface area contributed by atoms with E-state index in [-0.39, 0.29) is 37.5 Å². The van der Waals surface area contributed by atoms with E-state index in [1.165, 1.54) is 77.0 Å². The first-order valence-electron chi connectivity index (χ1n) is 26.4. The van der Waals surface area contributed by atoms with Crippen molar-refractivity contribution in [3.05, 3.63) is 109 Å². The van der Waals surface area contributed by atoms with Crippen LogP contribution in [0.4, 0.5) is 0 Å². The minimum atomic E-state index is -0.820. The molecule has 6 heteroatoms. The van der Waals surface area contributed by atoms with E-state index in [4.69, 9.17) is 14.2 Å². The highest BCUT2D eigenvalue weighted by atomic mass is 16.6. The van der Waals surface area contributed by atoms with Crippen molar-refractivity contribution < 1.29 is 28.6 Å². The molecule has 0 aliphatic rings. The molecule has 0 bridgehead atoms. The van der Waals surface area contributed by atoms with E-state index in [0.29, 0.717) is 19.3 Å². The Bertz CT molecular complexity index is 1360. The number of allylic oxidation sites excluding steroid dienone is 18. The van der Waals surface area contributed by atoms with Crippen LogP contribution in [0.1, 0.15) is 226 Å². The average molecular weight is 901 g/mol. The largest absolute Gasteiger partial charge is 0.462 e. The predicted molar refractivity (Wildman–Crippen MR) is 279 cm³/mol. The van der Waals surface area contributed by atoms with Crippen molar-refractivity contribution in [1.82, 2.24) is 0 Å². The Morgan fingerprint density at radius 3 is 0.969 bits per heavy atom. The van der Waals surface area contributed by atoms with Crippen molar-refractivity contribution in [1.29, 1.82) is 0 Å². The highest BCUT2D eigenvalue weighted by Gasteiger charge is 2.19. The second-order valence-corrected chi connectivity index (χ2v) is 17.0. The Labute approximate surface area is 400 Å². The van der Waals surface area contributed by atoms with Crippen molar-refractivity contribution >= 4 is 17.9 Å². The molecule has 1 atom stereocenters. The molecule has 0 rings (SSSR count). The lowest BCUT2D eigenvalue weighted by Crippen LogP contribution is -2.30. The van der Waals surface area contributed by atoms with Crippen molar-refractivity contribution in [3.63, 3.8) is 0 Å². The van der Waals surface area contributed by atoms with E-state index in [0.717, 1.165) is 103 Å². The van der Waals surface area contributed by atoms with E-state index in [1.807, 2.05) is 0 Å². The SMILES string of the molecule is CC/C=C\C/C=C\C/C=C\C/C=C\CCCCC(=O)O[C@@H](COC(=O)CCCC/C=C\C/C=C\C/C=C\CCCCC)COC(=O)CCCCCCCCC/C=C\C/C=C\CCCCC. The number of carbonyl (C=O) groups is 3. The van der Waals surface area contributed by atoms with Crippen molar-refractivity contribution in [2.45, 2.75) is 232 Å². The van der Waals surface area contributed by atoms with Crippen LogP contribution < -0.4 is 0 Å². The zero-order valence-electron chi connectivity index (χ0n) is 42.0. The molecule has 0 aromatic rings. The minimum absolute atomic E-state index is 0.113. The molecule has 0 N–H and O–H groups in total.